The maximum atomic E-state index is 12.1. The van der Waals surface area contributed by atoms with Crippen LogP contribution in [0.5, 0.6) is 0 Å². The van der Waals surface area contributed by atoms with Gasteiger partial charge < -0.3 is 16.0 Å². The summed E-state index contributed by atoms with van der Waals surface area (Å²) in [7, 11) is 1.79. The van der Waals surface area contributed by atoms with Gasteiger partial charge in [0.2, 0.25) is 5.91 Å². The van der Waals surface area contributed by atoms with E-state index in [4.69, 9.17) is 0 Å². The molecule has 0 saturated carbocycles. The SMILES string of the molecule is CCC(C)C(=O)Nc1cccc(CNC(=NC)NCC2(C)CCCS2)c1. The minimum Gasteiger partial charge on any atom is -0.355 e. The summed E-state index contributed by atoms with van der Waals surface area (Å²) in [5, 5.41) is 9.78. The quantitative estimate of drug-likeness (QED) is 0.502. The smallest absolute Gasteiger partial charge is 0.227 e. The lowest BCUT2D eigenvalue weighted by Gasteiger charge is -2.24. The lowest BCUT2D eigenvalue weighted by atomic mass is 10.1. The van der Waals surface area contributed by atoms with Crippen molar-refractivity contribution in [3.63, 3.8) is 0 Å². The molecule has 1 aromatic rings. The molecular weight excluding hydrogens is 344 g/mol. The lowest BCUT2D eigenvalue weighted by molar-refractivity contribution is -0.119. The van der Waals surface area contributed by atoms with E-state index in [-0.39, 0.29) is 11.8 Å². The Morgan fingerprint density at radius 3 is 2.85 bits per heavy atom. The van der Waals surface area contributed by atoms with E-state index >= 15 is 0 Å². The van der Waals surface area contributed by atoms with E-state index in [0.29, 0.717) is 11.3 Å². The Bertz CT molecular complexity index is 626. The number of nitrogens with one attached hydrogen (secondary N) is 3. The highest BCUT2D eigenvalue weighted by atomic mass is 32.2. The Morgan fingerprint density at radius 1 is 1.38 bits per heavy atom. The summed E-state index contributed by atoms with van der Waals surface area (Å²) in [5.41, 5.74) is 1.95. The highest BCUT2D eigenvalue weighted by Crippen LogP contribution is 2.36. The molecule has 2 unspecified atom stereocenters. The molecule has 1 saturated heterocycles. The van der Waals surface area contributed by atoms with E-state index in [0.717, 1.165) is 30.2 Å². The molecule has 5 nitrogen and oxygen atoms in total. The molecule has 6 heteroatoms. The average Bonchev–Trinajstić information content (AvgIpc) is 3.08. The summed E-state index contributed by atoms with van der Waals surface area (Å²) in [6.07, 6.45) is 3.38. The fourth-order valence-electron chi connectivity index (χ4n) is 2.86. The van der Waals surface area contributed by atoms with E-state index in [2.05, 4.69) is 27.9 Å². The van der Waals surface area contributed by atoms with E-state index in [1.165, 1.54) is 18.6 Å². The number of benzene rings is 1. The Morgan fingerprint density at radius 2 is 2.19 bits per heavy atom. The van der Waals surface area contributed by atoms with E-state index in [1.807, 2.05) is 49.9 Å². The van der Waals surface area contributed by atoms with Crippen molar-refractivity contribution in [1.82, 2.24) is 10.6 Å². The molecule has 0 radical (unpaired) electrons. The average molecular weight is 377 g/mol. The minimum absolute atomic E-state index is 0.0228. The number of guanidine groups is 1. The van der Waals surface area contributed by atoms with Crippen molar-refractivity contribution in [2.45, 2.75) is 51.3 Å². The van der Waals surface area contributed by atoms with Crippen LogP contribution in [0.2, 0.25) is 0 Å². The van der Waals surface area contributed by atoms with Gasteiger partial charge in [-0.15, -0.1) is 0 Å². The molecular formula is C20H32N4OS. The number of hydrogen-bond acceptors (Lipinski definition) is 3. The Labute approximate surface area is 161 Å². The summed E-state index contributed by atoms with van der Waals surface area (Å²) >= 11 is 2.04. The van der Waals surface area contributed by atoms with Crippen LogP contribution in [0.3, 0.4) is 0 Å². The zero-order chi connectivity index (χ0) is 19.0. The largest absolute Gasteiger partial charge is 0.355 e. The maximum absolute atomic E-state index is 12.1. The van der Waals surface area contributed by atoms with Crippen LogP contribution in [0.15, 0.2) is 29.3 Å². The fraction of sp³-hybridized carbons (Fsp3) is 0.600. The summed E-state index contributed by atoms with van der Waals surface area (Å²) in [6.45, 7) is 7.86. The maximum Gasteiger partial charge on any atom is 0.227 e. The summed E-state index contributed by atoms with van der Waals surface area (Å²) in [4.78, 5) is 16.4. The zero-order valence-electron chi connectivity index (χ0n) is 16.4. The normalized spacial score (nSPS) is 21.3. The number of hydrogen-bond donors (Lipinski definition) is 3. The Hall–Kier alpha value is -1.69. The molecule has 0 bridgehead atoms. The molecule has 2 rings (SSSR count). The van der Waals surface area contributed by atoms with Crippen molar-refractivity contribution in [1.29, 1.82) is 0 Å². The topological polar surface area (TPSA) is 65.5 Å². The number of carbonyl (C=O) groups excluding carboxylic acids is 1. The highest BCUT2D eigenvalue weighted by molar-refractivity contribution is 8.00. The second kappa shape index (κ2) is 9.86. The van der Waals surface area contributed by atoms with Crippen molar-refractivity contribution in [3.8, 4) is 0 Å². The number of thioether (sulfide) groups is 1. The van der Waals surface area contributed by atoms with E-state index in [9.17, 15) is 4.79 Å². The van der Waals surface area contributed by atoms with Gasteiger partial charge in [0.15, 0.2) is 5.96 Å². The van der Waals surface area contributed by atoms with E-state index < -0.39 is 0 Å². The van der Waals surface area contributed by atoms with Crippen molar-refractivity contribution in [3.05, 3.63) is 29.8 Å². The number of amides is 1. The number of nitrogens with zero attached hydrogens (tertiary/aromatic N) is 1. The molecule has 3 N–H and O–H groups in total. The summed E-state index contributed by atoms with van der Waals surface area (Å²) in [5.74, 6) is 2.15. The molecule has 0 spiro atoms. The van der Waals surface area contributed by atoms with Gasteiger partial charge in [-0.3, -0.25) is 9.79 Å². The monoisotopic (exact) mass is 376 g/mol. The first-order valence-electron chi connectivity index (χ1n) is 9.44. The van der Waals surface area contributed by atoms with Gasteiger partial charge in [-0.05, 0) is 49.6 Å². The van der Waals surface area contributed by atoms with Gasteiger partial charge in [0.1, 0.15) is 0 Å². The fourth-order valence-corrected chi connectivity index (χ4v) is 4.11. The second-order valence-corrected chi connectivity index (χ2v) is 8.86. The summed E-state index contributed by atoms with van der Waals surface area (Å²) < 4.78 is 0.303. The van der Waals surface area contributed by atoms with Gasteiger partial charge in [0, 0.05) is 36.5 Å². The van der Waals surface area contributed by atoms with Gasteiger partial charge in [-0.2, -0.15) is 11.8 Å². The van der Waals surface area contributed by atoms with Crippen LogP contribution in [0.1, 0.15) is 45.6 Å². The first-order valence-corrected chi connectivity index (χ1v) is 10.4. The predicted octanol–water partition coefficient (Wildman–Crippen LogP) is 3.62. The molecule has 26 heavy (non-hydrogen) atoms. The van der Waals surface area contributed by atoms with Crippen LogP contribution in [0.25, 0.3) is 0 Å². The van der Waals surface area contributed by atoms with Gasteiger partial charge in [0.25, 0.3) is 0 Å². The van der Waals surface area contributed by atoms with Crippen LogP contribution in [0.4, 0.5) is 5.69 Å². The molecule has 144 valence electrons. The van der Waals surface area contributed by atoms with Crippen molar-refractivity contribution >= 4 is 29.3 Å². The lowest BCUT2D eigenvalue weighted by Crippen LogP contribution is -2.43. The van der Waals surface area contributed by atoms with Crippen LogP contribution >= 0.6 is 11.8 Å². The molecule has 1 heterocycles. The van der Waals surface area contributed by atoms with Crippen molar-refractivity contribution < 1.29 is 4.79 Å². The molecule has 0 aliphatic carbocycles. The minimum atomic E-state index is 0.0228. The van der Waals surface area contributed by atoms with Crippen LogP contribution in [-0.4, -0.2) is 36.0 Å². The standard InChI is InChI=1S/C20H32N4OS/c1-5-15(2)18(25)24-17-9-6-8-16(12-17)13-22-19(21-4)23-14-20(3)10-7-11-26-20/h6,8-9,12,15H,5,7,10-11,13-14H2,1-4H3,(H,24,25)(H2,21,22,23). The van der Waals surface area contributed by atoms with Crippen LogP contribution in [-0.2, 0) is 11.3 Å². The van der Waals surface area contributed by atoms with Crippen LogP contribution < -0.4 is 16.0 Å². The number of carbonyl (C=O) groups is 1. The highest BCUT2D eigenvalue weighted by Gasteiger charge is 2.29. The first kappa shape index (κ1) is 20.6. The van der Waals surface area contributed by atoms with Gasteiger partial charge in [-0.25, -0.2) is 0 Å². The van der Waals surface area contributed by atoms with Gasteiger partial charge >= 0.3 is 0 Å². The molecule has 1 aliphatic rings. The van der Waals surface area contributed by atoms with Gasteiger partial charge in [0.05, 0.1) is 0 Å². The van der Waals surface area contributed by atoms with Gasteiger partial charge in [-0.1, -0.05) is 26.0 Å². The second-order valence-electron chi connectivity index (χ2n) is 7.18. The van der Waals surface area contributed by atoms with Crippen molar-refractivity contribution in [2.75, 3.05) is 24.7 Å². The Kier molecular flexibility index (Phi) is 7.82. The third kappa shape index (κ3) is 6.24. The molecule has 2 atom stereocenters. The first-order chi connectivity index (χ1) is 12.5. The molecule has 1 fully saturated rings. The number of aliphatic imine (C=N–C) groups is 1. The zero-order valence-corrected chi connectivity index (χ0v) is 17.2. The number of anilines is 1. The Balaban J connectivity index is 1.85. The molecule has 0 aromatic heterocycles. The predicted molar refractivity (Wildman–Crippen MR) is 113 cm³/mol. The van der Waals surface area contributed by atoms with Crippen LogP contribution in [0, 0.1) is 5.92 Å². The summed E-state index contributed by atoms with van der Waals surface area (Å²) in [6, 6.07) is 7.95. The third-order valence-electron chi connectivity index (χ3n) is 4.87. The van der Waals surface area contributed by atoms with E-state index in [1.54, 1.807) is 7.05 Å². The van der Waals surface area contributed by atoms with Crippen molar-refractivity contribution in [2.24, 2.45) is 10.9 Å². The molecule has 1 amide bonds. The number of rotatable bonds is 7. The molecule has 1 aromatic carbocycles. The molecule has 1 aliphatic heterocycles. The third-order valence-corrected chi connectivity index (χ3v) is 6.41.